The summed E-state index contributed by atoms with van der Waals surface area (Å²) in [7, 11) is 0. The molecule has 6 nitrogen and oxygen atoms in total. The Morgan fingerprint density at radius 1 is 0.344 bits per heavy atom. The van der Waals surface area contributed by atoms with Crippen molar-refractivity contribution in [3.63, 3.8) is 0 Å². The number of phenols is 6. The SMILES string of the molecule is Oc1ccc(-c2c3ccccc3c(-c3ccc(O)c(O)c3O)c3ccccc23)c(O)c1O. The molecule has 5 rings (SSSR count). The Kier molecular flexibility index (Phi) is 4.23. The Morgan fingerprint density at radius 2 is 0.656 bits per heavy atom. The summed E-state index contributed by atoms with van der Waals surface area (Å²) in [6.45, 7) is 0. The Bertz CT molecular complexity index is 1370. The highest BCUT2D eigenvalue weighted by molar-refractivity contribution is 6.22. The molecule has 6 heteroatoms. The highest BCUT2D eigenvalue weighted by atomic mass is 16.3. The highest BCUT2D eigenvalue weighted by Gasteiger charge is 2.22. The topological polar surface area (TPSA) is 121 Å². The molecule has 0 unspecified atom stereocenters. The van der Waals surface area contributed by atoms with E-state index in [1.165, 1.54) is 24.3 Å². The van der Waals surface area contributed by atoms with Crippen LogP contribution in [0.4, 0.5) is 0 Å². The zero-order chi connectivity index (χ0) is 22.6. The van der Waals surface area contributed by atoms with Crippen LogP contribution in [0, 0.1) is 0 Å². The van der Waals surface area contributed by atoms with Gasteiger partial charge in [-0.3, -0.25) is 0 Å². The third-order valence-corrected chi connectivity index (χ3v) is 5.73. The van der Waals surface area contributed by atoms with Gasteiger partial charge in [-0.25, -0.2) is 0 Å². The maximum Gasteiger partial charge on any atom is 0.200 e. The van der Waals surface area contributed by atoms with Crippen molar-refractivity contribution in [2.75, 3.05) is 0 Å². The van der Waals surface area contributed by atoms with Gasteiger partial charge in [0.05, 0.1) is 0 Å². The van der Waals surface area contributed by atoms with Crippen LogP contribution >= 0.6 is 0 Å². The number of hydrogen-bond donors (Lipinski definition) is 6. The Balaban J connectivity index is 2.01. The molecule has 5 aromatic carbocycles. The largest absolute Gasteiger partial charge is 0.504 e. The van der Waals surface area contributed by atoms with Gasteiger partial charge < -0.3 is 30.6 Å². The lowest BCUT2D eigenvalue weighted by Gasteiger charge is -2.19. The lowest BCUT2D eigenvalue weighted by Crippen LogP contribution is -1.92. The van der Waals surface area contributed by atoms with Crippen LogP contribution in [0.3, 0.4) is 0 Å². The van der Waals surface area contributed by atoms with Crippen molar-refractivity contribution in [3.05, 3.63) is 72.8 Å². The van der Waals surface area contributed by atoms with E-state index in [4.69, 9.17) is 0 Å². The van der Waals surface area contributed by atoms with E-state index in [-0.39, 0.29) is 0 Å². The summed E-state index contributed by atoms with van der Waals surface area (Å²) in [5.41, 5.74) is 1.93. The standard InChI is InChI=1S/C26H18O6/c27-19-11-9-17(23(29)25(19)31)21-13-5-1-2-6-14(13)22(16-8-4-3-7-15(16)21)18-10-12-20(28)26(32)24(18)30/h1-12,27-32H. The molecule has 0 aliphatic heterocycles. The predicted octanol–water partition coefficient (Wildman–Crippen LogP) is 5.56. The smallest absolute Gasteiger partial charge is 0.200 e. The van der Waals surface area contributed by atoms with E-state index in [0.29, 0.717) is 43.8 Å². The first-order chi connectivity index (χ1) is 15.4. The molecular weight excluding hydrogens is 408 g/mol. The van der Waals surface area contributed by atoms with Gasteiger partial charge >= 0.3 is 0 Å². The lowest BCUT2D eigenvalue weighted by molar-refractivity contribution is 0.369. The van der Waals surface area contributed by atoms with Gasteiger partial charge in [0.2, 0.25) is 11.5 Å². The van der Waals surface area contributed by atoms with E-state index in [1.54, 1.807) is 0 Å². The van der Waals surface area contributed by atoms with Gasteiger partial charge in [-0.2, -0.15) is 0 Å². The van der Waals surface area contributed by atoms with E-state index in [0.717, 1.165) is 0 Å². The summed E-state index contributed by atoms with van der Waals surface area (Å²) < 4.78 is 0. The molecule has 0 spiro atoms. The van der Waals surface area contributed by atoms with Gasteiger partial charge in [0.15, 0.2) is 23.0 Å². The van der Waals surface area contributed by atoms with Crippen molar-refractivity contribution in [1.29, 1.82) is 0 Å². The normalized spacial score (nSPS) is 11.2. The summed E-state index contributed by atoms with van der Waals surface area (Å²) in [6, 6.07) is 20.4. The highest BCUT2D eigenvalue weighted by Crippen LogP contribution is 2.51. The van der Waals surface area contributed by atoms with Crippen molar-refractivity contribution in [2.45, 2.75) is 0 Å². The number of phenolic OH excluding ortho intramolecular Hbond substituents is 6. The van der Waals surface area contributed by atoms with Crippen LogP contribution in [0.5, 0.6) is 34.5 Å². The van der Waals surface area contributed by atoms with Crippen LogP contribution in [-0.4, -0.2) is 30.6 Å². The molecule has 0 aliphatic rings. The van der Waals surface area contributed by atoms with Crippen LogP contribution < -0.4 is 0 Å². The second-order valence-corrected chi connectivity index (χ2v) is 7.50. The average molecular weight is 426 g/mol. The number of aromatic hydroxyl groups is 6. The van der Waals surface area contributed by atoms with Gasteiger partial charge in [0.25, 0.3) is 0 Å². The molecule has 158 valence electrons. The van der Waals surface area contributed by atoms with Crippen LogP contribution in [-0.2, 0) is 0 Å². The minimum atomic E-state index is -0.610. The van der Waals surface area contributed by atoms with E-state index in [9.17, 15) is 30.6 Å². The summed E-state index contributed by atoms with van der Waals surface area (Å²) in [5, 5.41) is 64.0. The molecule has 6 N–H and O–H groups in total. The molecule has 0 aliphatic carbocycles. The monoisotopic (exact) mass is 426 g/mol. The van der Waals surface area contributed by atoms with Crippen molar-refractivity contribution in [2.24, 2.45) is 0 Å². The maximum atomic E-state index is 10.6. The summed E-state index contributed by atoms with van der Waals surface area (Å²) >= 11 is 0. The number of hydrogen-bond acceptors (Lipinski definition) is 6. The number of rotatable bonds is 2. The average Bonchev–Trinajstić information content (AvgIpc) is 2.81. The van der Waals surface area contributed by atoms with Crippen molar-refractivity contribution in [3.8, 4) is 56.8 Å². The minimum Gasteiger partial charge on any atom is -0.504 e. The fraction of sp³-hybridized carbons (Fsp3) is 0. The first-order valence-corrected chi connectivity index (χ1v) is 9.82. The van der Waals surface area contributed by atoms with E-state index in [1.807, 2.05) is 48.5 Å². The van der Waals surface area contributed by atoms with Gasteiger partial charge in [-0.1, -0.05) is 48.5 Å². The van der Waals surface area contributed by atoms with E-state index in [2.05, 4.69) is 0 Å². The molecule has 32 heavy (non-hydrogen) atoms. The Morgan fingerprint density at radius 3 is 0.969 bits per heavy atom. The first kappa shape index (κ1) is 19.4. The Labute approximate surface area is 182 Å². The zero-order valence-corrected chi connectivity index (χ0v) is 16.6. The first-order valence-electron chi connectivity index (χ1n) is 9.82. The zero-order valence-electron chi connectivity index (χ0n) is 16.6. The van der Waals surface area contributed by atoms with Crippen molar-refractivity contribution >= 4 is 21.5 Å². The van der Waals surface area contributed by atoms with Gasteiger partial charge in [0.1, 0.15) is 0 Å². The second kappa shape index (κ2) is 6.99. The van der Waals surface area contributed by atoms with Crippen LogP contribution in [0.25, 0.3) is 43.8 Å². The fourth-order valence-electron chi connectivity index (χ4n) is 4.25. The van der Waals surface area contributed by atoms with Gasteiger partial charge in [-0.15, -0.1) is 0 Å². The third kappa shape index (κ3) is 2.66. The van der Waals surface area contributed by atoms with Crippen LogP contribution in [0.1, 0.15) is 0 Å². The molecule has 0 saturated carbocycles. The maximum absolute atomic E-state index is 10.6. The van der Waals surface area contributed by atoms with Crippen LogP contribution in [0.15, 0.2) is 72.8 Å². The fourth-order valence-corrected chi connectivity index (χ4v) is 4.25. The molecule has 0 saturated heterocycles. The molecule has 0 radical (unpaired) electrons. The second-order valence-electron chi connectivity index (χ2n) is 7.50. The predicted molar refractivity (Wildman–Crippen MR) is 122 cm³/mol. The molecule has 5 aromatic rings. The van der Waals surface area contributed by atoms with Gasteiger partial charge in [-0.05, 0) is 45.8 Å². The van der Waals surface area contributed by atoms with E-state index < -0.39 is 34.5 Å². The molecule has 0 amide bonds. The minimum absolute atomic E-state index is 0.331. The molecule has 0 atom stereocenters. The number of benzene rings is 5. The quantitative estimate of drug-likeness (QED) is 0.162. The molecular formula is C26H18O6. The van der Waals surface area contributed by atoms with E-state index >= 15 is 0 Å². The molecule has 0 aromatic heterocycles. The third-order valence-electron chi connectivity index (χ3n) is 5.73. The van der Waals surface area contributed by atoms with Crippen LogP contribution in [0.2, 0.25) is 0 Å². The molecule has 0 heterocycles. The van der Waals surface area contributed by atoms with Crippen molar-refractivity contribution < 1.29 is 30.6 Å². The lowest BCUT2D eigenvalue weighted by atomic mass is 9.85. The summed E-state index contributed by atoms with van der Waals surface area (Å²) in [4.78, 5) is 0. The molecule has 0 fully saturated rings. The summed E-state index contributed by atoms with van der Waals surface area (Å²) in [5.74, 6) is -2.97. The molecule has 0 bridgehead atoms. The van der Waals surface area contributed by atoms with Gasteiger partial charge in [0, 0.05) is 22.3 Å². The number of fused-ring (bicyclic) bond motifs is 2. The Hall–Kier alpha value is -4.58. The van der Waals surface area contributed by atoms with Crippen molar-refractivity contribution in [1.82, 2.24) is 0 Å². The summed E-state index contributed by atoms with van der Waals surface area (Å²) in [6.07, 6.45) is 0.